The van der Waals surface area contributed by atoms with Gasteiger partial charge in [0.15, 0.2) is 0 Å². The van der Waals surface area contributed by atoms with Crippen molar-refractivity contribution in [1.29, 1.82) is 0 Å². The van der Waals surface area contributed by atoms with Crippen LogP contribution in [0.1, 0.15) is 40.5 Å². The van der Waals surface area contributed by atoms with Crippen molar-refractivity contribution in [2.45, 2.75) is 26.8 Å². The van der Waals surface area contributed by atoms with Crippen LogP contribution >= 0.6 is 0 Å². The molecule has 1 atom stereocenters. The summed E-state index contributed by atoms with van der Waals surface area (Å²) < 4.78 is 7.46. The number of nitrogens with one attached hydrogen (secondary N) is 1. The molecule has 0 saturated heterocycles. The maximum absolute atomic E-state index is 12.9. The Bertz CT molecular complexity index is 1170. The molecule has 1 N–H and O–H groups in total. The second-order valence-electron chi connectivity index (χ2n) is 7.00. The summed E-state index contributed by atoms with van der Waals surface area (Å²) in [6.45, 7) is 5.31. The fraction of sp³-hybridized carbons (Fsp3) is 0.174. The van der Waals surface area contributed by atoms with Crippen LogP contribution in [0.25, 0.3) is 16.7 Å². The average Bonchev–Trinajstić information content (AvgIpc) is 3.29. The Morgan fingerprint density at radius 2 is 1.72 bits per heavy atom. The van der Waals surface area contributed by atoms with Crippen molar-refractivity contribution in [3.8, 4) is 5.69 Å². The molecule has 6 nitrogen and oxygen atoms in total. The van der Waals surface area contributed by atoms with Crippen LogP contribution in [0.15, 0.2) is 65.1 Å². The number of hydrogen-bond acceptors (Lipinski definition) is 4. The number of nitrogens with zero attached hydrogens (tertiary/aromatic N) is 2. The Morgan fingerprint density at radius 3 is 2.45 bits per heavy atom. The number of hydrogen-bond donors (Lipinski definition) is 1. The normalized spacial score (nSPS) is 12.1. The van der Waals surface area contributed by atoms with Crippen molar-refractivity contribution in [1.82, 2.24) is 15.1 Å². The maximum Gasteiger partial charge on any atom is 0.293 e. The van der Waals surface area contributed by atoms with Gasteiger partial charge in [0.25, 0.3) is 11.7 Å². The number of aromatic nitrogens is 2. The summed E-state index contributed by atoms with van der Waals surface area (Å²) in [5.74, 6) is -0.692. The number of benzene rings is 2. The van der Waals surface area contributed by atoms with Crippen molar-refractivity contribution in [3.05, 3.63) is 83.4 Å². The minimum absolute atomic E-state index is 0.322. The molecule has 0 fully saturated rings. The first-order valence-corrected chi connectivity index (χ1v) is 9.41. The third-order valence-corrected chi connectivity index (χ3v) is 4.94. The highest BCUT2D eigenvalue weighted by atomic mass is 16.3. The highest BCUT2D eigenvalue weighted by Crippen LogP contribution is 2.24. The van der Waals surface area contributed by atoms with Gasteiger partial charge >= 0.3 is 0 Å². The zero-order valence-electron chi connectivity index (χ0n) is 16.5. The van der Waals surface area contributed by atoms with E-state index in [0.717, 1.165) is 16.7 Å². The molecule has 146 valence electrons. The number of para-hydroxylation sites is 2. The zero-order valence-corrected chi connectivity index (χ0v) is 16.5. The van der Waals surface area contributed by atoms with Crippen molar-refractivity contribution in [2.24, 2.45) is 0 Å². The molecule has 0 unspecified atom stereocenters. The number of aryl methyl sites for hydroxylation is 1. The molecule has 0 saturated carbocycles. The van der Waals surface area contributed by atoms with Crippen molar-refractivity contribution in [3.63, 3.8) is 0 Å². The molecule has 0 aliphatic rings. The summed E-state index contributed by atoms with van der Waals surface area (Å²) in [4.78, 5) is 25.5. The molecule has 29 heavy (non-hydrogen) atoms. The van der Waals surface area contributed by atoms with Gasteiger partial charge in [-0.2, -0.15) is 5.10 Å². The Morgan fingerprint density at radius 1 is 1.03 bits per heavy atom. The van der Waals surface area contributed by atoms with Crippen LogP contribution in [0, 0.1) is 13.8 Å². The molecule has 0 radical (unpaired) electrons. The predicted molar refractivity (Wildman–Crippen MR) is 110 cm³/mol. The zero-order chi connectivity index (χ0) is 20.5. The van der Waals surface area contributed by atoms with Gasteiger partial charge in [0.2, 0.25) is 0 Å². The third kappa shape index (κ3) is 3.45. The molecule has 0 bridgehead atoms. The standard InChI is InChI=1S/C23H21N3O3/c1-14(20-13-17-9-7-8-12-19(17)29-20)24-23(28)22(27)21-15(2)25-26(16(21)3)18-10-5-4-6-11-18/h4-14H,1-3H3,(H,24,28)/t14-/m1/s1. The molecule has 0 spiro atoms. The van der Waals surface area contributed by atoms with E-state index in [2.05, 4.69) is 10.4 Å². The van der Waals surface area contributed by atoms with Crippen LogP contribution in [0.3, 0.4) is 0 Å². The predicted octanol–water partition coefficient (Wildman–Crippen LogP) is 4.30. The van der Waals surface area contributed by atoms with E-state index in [9.17, 15) is 9.59 Å². The van der Waals surface area contributed by atoms with Gasteiger partial charge < -0.3 is 9.73 Å². The minimum atomic E-state index is -0.684. The number of carbonyl (C=O) groups excluding carboxylic acids is 2. The molecule has 2 aromatic heterocycles. The van der Waals surface area contributed by atoms with E-state index in [1.807, 2.05) is 60.7 Å². The number of ketones is 1. The first kappa shape index (κ1) is 18.7. The third-order valence-electron chi connectivity index (χ3n) is 4.94. The van der Waals surface area contributed by atoms with Crippen molar-refractivity contribution >= 4 is 22.7 Å². The minimum Gasteiger partial charge on any atom is -0.459 e. The van der Waals surface area contributed by atoms with E-state index >= 15 is 0 Å². The molecular formula is C23H21N3O3. The second-order valence-corrected chi connectivity index (χ2v) is 7.00. The van der Waals surface area contributed by atoms with Crippen LogP contribution in [0.4, 0.5) is 0 Å². The number of Topliss-reactive ketones (excluding diaryl/α,β-unsaturated/α-hetero) is 1. The lowest BCUT2D eigenvalue weighted by atomic mass is 10.1. The quantitative estimate of drug-likeness (QED) is 0.409. The van der Waals surface area contributed by atoms with E-state index in [1.165, 1.54) is 0 Å². The van der Waals surface area contributed by atoms with Crippen LogP contribution < -0.4 is 5.32 Å². The van der Waals surface area contributed by atoms with Gasteiger partial charge in [0.05, 0.1) is 28.7 Å². The summed E-state index contributed by atoms with van der Waals surface area (Å²) in [6, 6.07) is 18.5. The van der Waals surface area contributed by atoms with Gasteiger partial charge in [-0.15, -0.1) is 0 Å². The number of amides is 1. The monoisotopic (exact) mass is 387 g/mol. The molecule has 0 aliphatic heterocycles. The smallest absolute Gasteiger partial charge is 0.293 e. The lowest BCUT2D eigenvalue weighted by molar-refractivity contribution is -0.117. The molecular weight excluding hydrogens is 366 g/mol. The van der Waals surface area contributed by atoms with Gasteiger partial charge in [0, 0.05) is 5.39 Å². The summed E-state index contributed by atoms with van der Waals surface area (Å²) in [7, 11) is 0. The molecule has 1 amide bonds. The lowest BCUT2D eigenvalue weighted by Crippen LogP contribution is -2.33. The molecule has 2 heterocycles. The van der Waals surface area contributed by atoms with E-state index in [0.29, 0.717) is 22.7 Å². The van der Waals surface area contributed by atoms with Gasteiger partial charge in [0.1, 0.15) is 11.3 Å². The second kappa shape index (κ2) is 7.39. The molecule has 2 aromatic carbocycles. The highest BCUT2D eigenvalue weighted by Gasteiger charge is 2.26. The highest BCUT2D eigenvalue weighted by molar-refractivity contribution is 6.43. The fourth-order valence-electron chi connectivity index (χ4n) is 3.45. The molecule has 6 heteroatoms. The number of rotatable bonds is 5. The summed E-state index contributed by atoms with van der Waals surface area (Å²) in [5, 5.41) is 8.14. The fourth-order valence-corrected chi connectivity index (χ4v) is 3.45. The SMILES string of the molecule is Cc1nn(-c2ccccc2)c(C)c1C(=O)C(=O)N[C@H](C)c1cc2ccccc2o1. The topological polar surface area (TPSA) is 77.1 Å². The summed E-state index contributed by atoms with van der Waals surface area (Å²) in [6.07, 6.45) is 0. The number of furan rings is 1. The Labute approximate surface area is 168 Å². The molecule has 0 aliphatic carbocycles. The average molecular weight is 387 g/mol. The molecule has 4 rings (SSSR count). The largest absolute Gasteiger partial charge is 0.459 e. The Hall–Kier alpha value is -3.67. The first-order chi connectivity index (χ1) is 14.0. The molecule has 4 aromatic rings. The lowest BCUT2D eigenvalue weighted by Gasteiger charge is -2.11. The van der Waals surface area contributed by atoms with E-state index in [4.69, 9.17) is 4.42 Å². The van der Waals surface area contributed by atoms with Crippen LogP contribution in [-0.2, 0) is 4.79 Å². The van der Waals surface area contributed by atoms with Crippen molar-refractivity contribution < 1.29 is 14.0 Å². The summed E-state index contributed by atoms with van der Waals surface area (Å²) >= 11 is 0. The number of carbonyl (C=O) groups is 2. The van der Waals surface area contributed by atoms with E-state index in [1.54, 1.807) is 25.5 Å². The van der Waals surface area contributed by atoms with Gasteiger partial charge in [-0.05, 0) is 45.0 Å². The van der Waals surface area contributed by atoms with Crippen molar-refractivity contribution in [2.75, 3.05) is 0 Å². The van der Waals surface area contributed by atoms with E-state index in [-0.39, 0.29) is 0 Å². The van der Waals surface area contributed by atoms with Crippen LogP contribution in [0.5, 0.6) is 0 Å². The van der Waals surface area contributed by atoms with Gasteiger partial charge in [-0.1, -0.05) is 36.4 Å². The maximum atomic E-state index is 12.9. The van der Waals surface area contributed by atoms with Gasteiger partial charge in [-0.25, -0.2) is 4.68 Å². The summed E-state index contributed by atoms with van der Waals surface area (Å²) in [5.41, 5.74) is 3.05. The van der Waals surface area contributed by atoms with Gasteiger partial charge in [-0.3, -0.25) is 9.59 Å². The first-order valence-electron chi connectivity index (χ1n) is 9.41. The Balaban J connectivity index is 1.56. The van der Waals surface area contributed by atoms with Crippen LogP contribution in [0.2, 0.25) is 0 Å². The van der Waals surface area contributed by atoms with Crippen LogP contribution in [-0.4, -0.2) is 21.5 Å². The van der Waals surface area contributed by atoms with E-state index < -0.39 is 17.7 Å². The Kier molecular flexibility index (Phi) is 4.76. The number of fused-ring (bicyclic) bond motifs is 1.